The molecule has 0 atom stereocenters. The number of carbonyl (C=O) groups excluding carboxylic acids is 1. The van der Waals surface area contributed by atoms with Gasteiger partial charge in [0.25, 0.3) is 0 Å². The lowest BCUT2D eigenvalue weighted by Gasteiger charge is -2.12. The van der Waals surface area contributed by atoms with Gasteiger partial charge >= 0.3 is 0 Å². The topological polar surface area (TPSA) is 101 Å². The SMILES string of the molecule is CN(C)c1ccc(-c2nc3nccc(-c4ccc(CCC(=O)c5noc(C(C)(C)C)n5)c(F)c4)c3[nH]2)cc1. The molecule has 9 heteroatoms. The number of halogens is 1. The van der Waals surface area contributed by atoms with Gasteiger partial charge in [-0.2, -0.15) is 4.98 Å². The number of carbonyl (C=O) groups is 1. The smallest absolute Gasteiger partial charge is 0.238 e. The van der Waals surface area contributed by atoms with E-state index in [2.05, 4.69) is 25.1 Å². The summed E-state index contributed by atoms with van der Waals surface area (Å²) < 4.78 is 20.3. The summed E-state index contributed by atoms with van der Waals surface area (Å²) in [6.45, 7) is 5.78. The maximum absolute atomic E-state index is 15.1. The highest BCUT2D eigenvalue weighted by molar-refractivity contribution is 5.93. The van der Waals surface area contributed by atoms with Crippen LogP contribution in [0.2, 0.25) is 0 Å². The van der Waals surface area contributed by atoms with E-state index < -0.39 is 0 Å². The molecule has 0 unspecified atom stereocenters. The van der Waals surface area contributed by atoms with Crippen LogP contribution in [0.25, 0.3) is 33.7 Å². The van der Waals surface area contributed by atoms with Crippen LogP contribution in [0.4, 0.5) is 10.1 Å². The van der Waals surface area contributed by atoms with Crippen molar-refractivity contribution in [1.82, 2.24) is 25.1 Å². The predicted octanol–water partition coefficient (Wildman–Crippen LogP) is 5.99. The number of nitrogens with one attached hydrogen (secondary N) is 1. The van der Waals surface area contributed by atoms with Gasteiger partial charge in [-0.1, -0.05) is 38.1 Å². The highest BCUT2D eigenvalue weighted by Gasteiger charge is 2.24. The fraction of sp³-hybridized carbons (Fsp3) is 0.276. The molecule has 0 aliphatic heterocycles. The monoisotopic (exact) mass is 512 g/mol. The van der Waals surface area contributed by atoms with Gasteiger partial charge in [0.05, 0.1) is 5.52 Å². The summed E-state index contributed by atoms with van der Waals surface area (Å²) in [6, 6.07) is 14.9. The van der Waals surface area contributed by atoms with Crippen molar-refractivity contribution < 1.29 is 13.7 Å². The number of aromatic amines is 1. The van der Waals surface area contributed by atoms with Gasteiger partial charge in [0.1, 0.15) is 11.6 Å². The summed E-state index contributed by atoms with van der Waals surface area (Å²) in [6.07, 6.45) is 1.97. The maximum Gasteiger partial charge on any atom is 0.238 e. The third-order valence-corrected chi connectivity index (χ3v) is 6.35. The van der Waals surface area contributed by atoms with E-state index in [9.17, 15) is 4.79 Å². The second kappa shape index (κ2) is 9.81. The molecule has 0 fully saturated rings. The number of aromatic nitrogens is 5. The van der Waals surface area contributed by atoms with Crippen molar-refractivity contribution in [3.05, 3.63) is 77.8 Å². The number of hydrogen-bond acceptors (Lipinski definition) is 7. The Labute approximate surface area is 219 Å². The number of hydrogen-bond donors (Lipinski definition) is 1. The van der Waals surface area contributed by atoms with Gasteiger partial charge in [0.15, 0.2) is 5.65 Å². The number of imidazole rings is 1. The molecule has 0 bridgehead atoms. The van der Waals surface area contributed by atoms with Crippen LogP contribution in [-0.4, -0.2) is 45.0 Å². The molecule has 8 nitrogen and oxygen atoms in total. The lowest BCUT2D eigenvalue weighted by atomic mass is 9.97. The Balaban J connectivity index is 1.35. The highest BCUT2D eigenvalue weighted by Crippen LogP contribution is 2.30. The fourth-order valence-corrected chi connectivity index (χ4v) is 4.12. The lowest BCUT2D eigenvalue weighted by molar-refractivity contribution is 0.0969. The second-order valence-corrected chi connectivity index (χ2v) is 10.5. The second-order valence-electron chi connectivity index (χ2n) is 10.5. The molecule has 2 aromatic carbocycles. The molecular formula is C29H29FN6O2. The molecule has 0 radical (unpaired) electrons. The van der Waals surface area contributed by atoms with Crippen LogP contribution in [0.5, 0.6) is 0 Å². The van der Waals surface area contributed by atoms with E-state index in [1.165, 1.54) is 6.07 Å². The normalized spacial score (nSPS) is 11.7. The van der Waals surface area contributed by atoms with Crippen LogP contribution >= 0.6 is 0 Å². The zero-order chi connectivity index (χ0) is 27.0. The summed E-state index contributed by atoms with van der Waals surface area (Å²) in [5, 5.41) is 3.79. The Morgan fingerprint density at radius 1 is 1.03 bits per heavy atom. The zero-order valence-electron chi connectivity index (χ0n) is 22.0. The molecule has 5 rings (SSSR count). The molecule has 38 heavy (non-hydrogen) atoms. The van der Waals surface area contributed by atoms with Crippen molar-refractivity contribution in [2.24, 2.45) is 0 Å². The van der Waals surface area contributed by atoms with Crippen LogP contribution in [0.1, 0.15) is 49.3 Å². The van der Waals surface area contributed by atoms with E-state index in [-0.39, 0.29) is 35.7 Å². The Morgan fingerprint density at radius 3 is 2.42 bits per heavy atom. The van der Waals surface area contributed by atoms with E-state index >= 15 is 4.39 Å². The molecule has 3 aromatic heterocycles. The largest absolute Gasteiger partial charge is 0.378 e. The summed E-state index contributed by atoms with van der Waals surface area (Å²) in [4.78, 5) is 31.2. The van der Waals surface area contributed by atoms with Crippen LogP contribution in [0, 0.1) is 5.82 Å². The van der Waals surface area contributed by atoms with Gasteiger partial charge in [-0.05, 0) is 53.9 Å². The Hall–Kier alpha value is -4.40. The number of aryl methyl sites for hydroxylation is 1. The molecule has 0 spiro atoms. The molecule has 5 aromatic rings. The number of ketones is 1. The number of H-pyrrole nitrogens is 1. The van der Waals surface area contributed by atoms with E-state index in [0.717, 1.165) is 22.3 Å². The minimum Gasteiger partial charge on any atom is -0.378 e. The van der Waals surface area contributed by atoms with Gasteiger partial charge in [0.2, 0.25) is 17.5 Å². The van der Waals surface area contributed by atoms with Gasteiger partial charge in [-0.3, -0.25) is 4.79 Å². The molecule has 194 valence electrons. The third kappa shape index (κ3) is 5.04. The minimum atomic E-state index is -0.386. The number of benzene rings is 2. The summed E-state index contributed by atoms with van der Waals surface area (Å²) in [5.74, 6) is 0.442. The molecule has 0 aliphatic carbocycles. The van der Waals surface area contributed by atoms with Crippen LogP contribution in [-0.2, 0) is 11.8 Å². The summed E-state index contributed by atoms with van der Waals surface area (Å²) in [7, 11) is 3.98. The van der Waals surface area contributed by atoms with Crippen molar-refractivity contribution in [2.75, 3.05) is 19.0 Å². The van der Waals surface area contributed by atoms with Gasteiger partial charge in [-0.25, -0.2) is 14.4 Å². The fourth-order valence-electron chi connectivity index (χ4n) is 4.12. The standard InChI is InChI=1S/C29H29FN6O2/c1-29(2,3)28-34-26(35-38-28)23(37)13-10-17-6-7-19(16-22(17)30)21-14-15-31-27-24(21)32-25(33-27)18-8-11-20(12-9-18)36(4)5/h6-9,11-12,14-16H,10,13H2,1-5H3,(H,31,32,33). The lowest BCUT2D eigenvalue weighted by Crippen LogP contribution is -2.12. The average molecular weight is 513 g/mol. The first-order valence-corrected chi connectivity index (χ1v) is 12.4. The van der Waals surface area contributed by atoms with Gasteiger partial charge in [0, 0.05) is 48.9 Å². The number of Topliss-reactive ketones (excluding diaryl/α,β-unsaturated/α-hetero) is 1. The number of fused-ring (bicyclic) bond motifs is 1. The van der Waals surface area contributed by atoms with E-state index in [1.807, 2.05) is 76.2 Å². The van der Waals surface area contributed by atoms with Crippen molar-refractivity contribution >= 4 is 22.6 Å². The summed E-state index contributed by atoms with van der Waals surface area (Å²) >= 11 is 0. The molecule has 0 aliphatic rings. The maximum atomic E-state index is 15.1. The van der Waals surface area contributed by atoms with Crippen LogP contribution < -0.4 is 4.90 Å². The molecule has 0 saturated carbocycles. The third-order valence-electron chi connectivity index (χ3n) is 6.35. The average Bonchev–Trinajstić information content (AvgIpc) is 3.56. The van der Waals surface area contributed by atoms with E-state index in [0.29, 0.717) is 28.5 Å². The summed E-state index contributed by atoms with van der Waals surface area (Å²) in [5.41, 5.74) is 4.89. The van der Waals surface area contributed by atoms with Crippen molar-refractivity contribution in [2.45, 2.75) is 39.0 Å². The Bertz CT molecular complexity index is 1610. The number of nitrogens with zero attached hydrogens (tertiary/aromatic N) is 5. The predicted molar refractivity (Wildman–Crippen MR) is 145 cm³/mol. The first kappa shape index (κ1) is 25.3. The first-order valence-electron chi connectivity index (χ1n) is 12.4. The van der Waals surface area contributed by atoms with Crippen LogP contribution in [0.3, 0.4) is 0 Å². The minimum absolute atomic E-state index is 0.0255. The quantitative estimate of drug-likeness (QED) is 0.267. The van der Waals surface area contributed by atoms with Crippen molar-refractivity contribution in [3.8, 4) is 22.5 Å². The van der Waals surface area contributed by atoms with Gasteiger partial charge < -0.3 is 14.4 Å². The van der Waals surface area contributed by atoms with Crippen LogP contribution in [0.15, 0.2) is 59.3 Å². The van der Waals surface area contributed by atoms with Gasteiger partial charge in [-0.15, -0.1) is 0 Å². The zero-order valence-corrected chi connectivity index (χ0v) is 22.0. The first-order chi connectivity index (χ1) is 18.1. The van der Waals surface area contributed by atoms with Crippen molar-refractivity contribution in [1.29, 1.82) is 0 Å². The van der Waals surface area contributed by atoms with Crippen molar-refractivity contribution in [3.63, 3.8) is 0 Å². The molecule has 0 saturated heterocycles. The molecule has 1 N–H and O–H groups in total. The number of pyridine rings is 1. The van der Waals surface area contributed by atoms with E-state index in [4.69, 9.17) is 4.52 Å². The highest BCUT2D eigenvalue weighted by atomic mass is 19.1. The van der Waals surface area contributed by atoms with E-state index in [1.54, 1.807) is 12.3 Å². The molecule has 0 amide bonds. The molecule has 3 heterocycles. The number of anilines is 1. The Morgan fingerprint density at radius 2 is 1.76 bits per heavy atom. The Kier molecular flexibility index (Phi) is 6.52. The number of rotatable bonds is 7. The molecular weight excluding hydrogens is 483 g/mol.